The van der Waals surface area contributed by atoms with Gasteiger partial charge in [-0.25, -0.2) is 0 Å². The lowest BCUT2D eigenvalue weighted by atomic mass is 10.2. The first-order chi connectivity index (χ1) is 7.74. The number of ether oxygens (including phenoxy) is 1. The van der Waals surface area contributed by atoms with Gasteiger partial charge in [0.05, 0.1) is 6.61 Å². The Morgan fingerprint density at radius 1 is 1.31 bits per heavy atom. The standard InChI is InChI=1S/C13H22N2O/c1-3-4-8-16-9-7-15-13-6-5-12(14)10-11(13)2/h5-6,10,15H,3-4,7-9,14H2,1-2H3. The third kappa shape index (κ3) is 4.53. The van der Waals surface area contributed by atoms with Crippen molar-refractivity contribution in [2.45, 2.75) is 26.7 Å². The molecule has 16 heavy (non-hydrogen) atoms. The van der Waals surface area contributed by atoms with E-state index in [0.29, 0.717) is 0 Å². The molecule has 0 saturated heterocycles. The van der Waals surface area contributed by atoms with Crippen molar-refractivity contribution >= 4 is 11.4 Å². The van der Waals surface area contributed by atoms with E-state index < -0.39 is 0 Å². The molecule has 1 rings (SSSR count). The van der Waals surface area contributed by atoms with E-state index in [1.807, 2.05) is 18.2 Å². The molecule has 3 N–H and O–H groups in total. The van der Waals surface area contributed by atoms with Crippen LogP contribution in [0.15, 0.2) is 18.2 Å². The first-order valence-electron chi connectivity index (χ1n) is 5.91. The Bertz CT molecular complexity index is 313. The van der Waals surface area contributed by atoms with E-state index in [2.05, 4.69) is 19.2 Å². The summed E-state index contributed by atoms with van der Waals surface area (Å²) in [6, 6.07) is 5.89. The molecule has 0 bridgehead atoms. The molecular formula is C13H22N2O. The molecule has 0 aromatic heterocycles. The van der Waals surface area contributed by atoms with Gasteiger partial charge < -0.3 is 15.8 Å². The molecule has 3 heteroatoms. The molecule has 1 aromatic carbocycles. The van der Waals surface area contributed by atoms with Crippen molar-refractivity contribution in [3.8, 4) is 0 Å². The molecule has 0 aliphatic rings. The number of benzene rings is 1. The zero-order valence-electron chi connectivity index (χ0n) is 10.3. The Morgan fingerprint density at radius 3 is 2.81 bits per heavy atom. The Kier molecular flexibility index (Phi) is 5.72. The molecule has 1 aromatic rings. The second kappa shape index (κ2) is 7.12. The van der Waals surface area contributed by atoms with Gasteiger partial charge in [0.2, 0.25) is 0 Å². The molecule has 0 amide bonds. The van der Waals surface area contributed by atoms with Crippen LogP contribution in [-0.2, 0) is 4.74 Å². The van der Waals surface area contributed by atoms with Crippen molar-refractivity contribution in [3.05, 3.63) is 23.8 Å². The molecule has 90 valence electrons. The molecule has 0 spiro atoms. The number of hydrogen-bond donors (Lipinski definition) is 2. The Labute approximate surface area is 98.0 Å². The lowest BCUT2D eigenvalue weighted by Gasteiger charge is -2.10. The monoisotopic (exact) mass is 222 g/mol. The minimum atomic E-state index is 0.754. The summed E-state index contributed by atoms with van der Waals surface area (Å²) < 4.78 is 5.47. The van der Waals surface area contributed by atoms with E-state index in [-0.39, 0.29) is 0 Å². The Hall–Kier alpha value is -1.22. The number of unbranched alkanes of at least 4 members (excludes halogenated alkanes) is 1. The van der Waals surface area contributed by atoms with E-state index in [9.17, 15) is 0 Å². The number of hydrogen-bond acceptors (Lipinski definition) is 3. The largest absolute Gasteiger partial charge is 0.399 e. The van der Waals surface area contributed by atoms with Crippen molar-refractivity contribution < 1.29 is 4.74 Å². The van der Waals surface area contributed by atoms with Crippen molar-refractivity contribution in [3.63, 3.8) is 0 Å². The fourth-order valence-corrected chi connectivity index (χ4v) is 1.49. The van der Waals surface area contributed by atoms with Gasteiger partial charge in [-0.15, -0.1) is 0 Å². The summed E-state index contributed by atoms with van der Waals surface area (Å²) in [5, 5.41) is 3.34. The highest BCUT2D eigenvalue weighted by atomic mass is 16.5. The smallest absolute Gasteiger partial charge is 0.0639 e. The predicted molar refractivity (Wildman–Crippen MR) is 69.8 cm³/mol. The molecule has 0 aliphatic carbocycles. The lowest BCUT2D eigenvalue weighted by Crippen LogP contribution is -2.10. The summed E-state index contributed by atoms with van der Waals surface area (Å²) in [4.78, 5) is 0. The van der Waals surface area contributed by atoms with Crippen molar-refractivity contribution in [2.24, 2.45) is 0 Å². The van der Waals surface area contributed by atoms with Crippen LogP contribution in [0.25, 0.3) is 0 Å². The van der Waals surface area contributed by atoms with Crippen molar-refractivity contribution in [1.29, 1.82) is 0 Å². The van der Waals surface area contributed by atoms with Crippen LogP contribution >= 0.6 is 0 Å². The summed E-state index contributed by atoms with van der Waals surface area (Å²) in [5.41, 5.74) is 8.80. The predicted octanol–water partition coefficient (Wildman–Crippen LogP) is 2.81. The molecule has 3 nitrogen and oxygen atoms in total. The van der Waals surface area contributed by atoms with Gasteiger partial charge in [-0.3, -0.25) is 0 Å². The summed E-state index contributed by atoms with van der Waals surface area (Å²) in [6.07, 6.45) is 2.32. The average Bonchev–Trinajstić information content (AvgIpc) is 2.26. The second-order valence-electron chi connectivity index (χ2n) is 3.97. The highest BCUT2D eigenvalue weighted by Crippen LogP contribution is 2.16. The fourth-order valence-electron chi connectivity index (χ4n) is 1.49. The molecule has 0 heterocycles. The molecular weight excluding hydrogens is 200 g/mol. The van der Waals surface area contributed by atoms with Crippen LogP contribution in [0.5, 0.6) is 0 Å². The van der Waals surface area contributed by atoms with Gasteiger partial charge in [0.25, 0.3) is 0 Å². The number of rotatable bonds is 7. The van der Waals surface area contributed by atoms with Gasteiger partial charge in [-0.2, -0.15) is 0 Å². The quantitative estimate of drug-likeness (QED) is 0.551. The Morgan fingerprint density at radius 2 is 2.12 bits per heavy atom. The zero-order valence-corrected chi connectivity index (χ0v) is 10.3. The van der Waals surface area contributed by atoms with Gasteiger partial charge in [0, 0.05) is 24.5 Å². The SMILES string of the molecule is CCCCOCCNc1ccc(N)cc1C. The van der Waals surface area contributed by atoms with Crippen molar-refractivity contribution in [1.82, 2.24) is 0 Å². The van der Waals surface area contributed by atoms with Crippen molar-refractivity contribution in [2.75, 3.05) is 30.8 Å². The van der Waals surface area contributed by atoms with Crippen LogP contribution in [0.2, 0.25) is 0 Å². The van der Waals surface area contributed by atoms with Crippen LogP contribution in [0.4, 0.5) is 11.4 Å². The lowest BCUT2D eigenvalue weighted by molar-refractivity contribution is 0.141. The molecule has 0 unspecified atom stereocenters. The number of aryl methyl sites for hydroxylation is 1. The van der Waals surface area contributed by atoms with E-state index in [0.717, 1.165) is 37.6 Å². The van der Waals surface area contributed by atoms with Crippen LogP contribution < -0.4 is 11.1 Å². The van der Waals surface area contributed by atoms with Gasteiger partial charge >= 0.3 is 0 Å². The number of nitrogens with two attached hydrogens (primary N) is 1. The highest BCUT2D eigenvalue weighted by Gasteiger charge is 1.97. The first-order valence-corrected chi connectivity index (χ1v) is 5.91. The third-order valence-corrected chi connectivity index (χ3v) is 2.45. The van der Waals surface area contributed by atoms with E-state index in [1.54, 1.807) is 0 Å². The zero-order chi connectivity index (χ0) is 11.8. The third-order valence-electron chi connectivity index (χ3n) is 2.45. The second-order valence-corrected chi connectivity index (χ2v) is 3.97. The molecule has 0 atom stereocenters. The van der Waals surface area contributed by atoms with Gasteiger partial charge in [0.1, 0.15) is 0 Å². The van der Waals surface area contributed by atoms with Crippen LogP contribution in [-0.4, -0.2) is 19.8 Å². The first kappa shape index (κ1) is 12.8. The Balaban J connectivity index is 2.21. The summed E-state index contributed by atoms with van der Waals surface area (Å²) >= 11 is 0. The topological polar surface area (TPSA) is 47.3 Å². The average molecular weight is 222 g/mol. The van der Waals surface area contributed by atoms with Gasteiger partial charge in [0.15, 0.2) is 0 Å². The number of anilines is 2. The molecule has 0 aliphatic heterocycles. The highest BCUT2D eigenvalue weighted by molar-refractivity contribution is 5.57. The van der Waals surface area contributed by atoms with Crippen LogP contribution in [0, 0.1) is 6.92 Å². The van der Waals surface area contributed by atoms with E-state index in [4.69, 9.17) is 10.5 Å². The number of nitrogens with one attached hydrogen (secondary N) is 1. The normalized spacial score (nSPS) is 10.4. The molecule has 0 radical (unpaired) electrons. The minimum absolute atomic E-state index is 0.754. The maximum atomic E-state index is 5.68. The van der Waals surface area contributed by atoms with E-state index in [1.165, 1.54) is 12.0 Å². The van der Waals surface area contributed by atoms with Gasteiger partial charge in [-0.05, 0) is 37.1 Å². The van der Waals surface area contributed by atoms with Crippen LogP contribution in [0.1, 0.15) is 25.3 Å². The molecule has 0 fully saturated rings. The summed E-state index contributed by atoms with van der Waals surface area (Å²) in [7, 11) is 0. The summed E-state index contributed by atoms with van der Waals surface area (Å²) in [5.74, 6) is 0. The molecule has 0 saturated carbocycles. The summed E-state index contributed by atoms with van der Waals surface area (Å²) in [6.45, 7) is 6.67. The maximum Gasteiger partial charge on any atom is 0.0639 e. The van der Waals surface area contributed by atoms with Gasteiger partial charge in [-0.1, -0.05) is 13.3 Å². The van der Waals surface area contributed by atoms with Crippen LogP contribution in [0.3, 0.4) is 0 Å². The maximum absolute atomic E-state index is 5.68. The number of nitrogen functional groups attached to an aromatic ring is 1. The fraction of sp³-hybridized carbons (Fsp3) is 0.538. The minimum Gasteiger partial charge on any atom is -0.399 e. The van der Waals surface area contributed by atoms with E-state index >= 15 is 0 Å².